The van der Waals surface area contributed by atoms with Crippen LogP contribution in [0.3, 0.4) is 0 Å². The fraction of sp³-hybridized carbons (Fsp3) is 0.562. The van der Waals surface area contributed by atoms with Gasteiger partial charge in [0.05, 0.1) is 16.2 Å². The minimum atomic E-state index is -0.775. The first-order valence-electron chi connectivity index (χ1n) is 7.39. The van der Waals surface area contributed by atoms with Crippen LogP contribution >= 0.6 is 27.5 Å². The van der Waals surface area contributed by atoms with E-state index >= 15 is 0 Å². The van der Waals surface area contributed by atoms with E-state index in [0.29, 0.717) is 16.5 Å². The highest BCUT2D eigenvalue weighted by atomic mass is 79.9. The van der Waals surface area contributed by atoms with Crippen LogP contribution < -0.4 is 5.32 Å². The lowest BCUT2D eigenvalue weighted by atomic mass is 9.78. The Kier molecular flexibility index (Phi) is 5.69. The third-order valence-electron chi connectivity index (χ3n) is 4.37. The molecule has 5 heteroatoms. The summed E-state index contributed by atoms with van der Waals surface area (Å²) in [5.74, 6) is 0.473. The van der Waals surface area contributed by atoms with E-state index in [9.17, 15) is 9.90 Å². The lowest BCUT2D eigenvalue weighted by molar-refractivity contribution is -0.00786. The van der Waals surface area contributed by atoms with Crippen LogP contribution in [0.25, 0.3) is 0 Å². The maximum atomic E-state index is 12.2. The van der Waals surface area contributed by atoms with Crippen LogP contribution in [-0.4, -0.2) is 23.2 Å². The predicted molar refractivity (Wildman–Crippen MR) is 88.7 cm³/mol. The zero-order valence-corrected chi connectivity index (χ0v) is 14.5. The second kappa shape index (κ2) is 7.12. The van der Waals surface area contributed by atoms with Gasteiger partial charge >= 0.3 is 0 Å². The van der Waals surface area contributed by atoms with E-state index in [1.165, 1.54) is 0 Å². The average molecular weight is 375 g/mol. The molecule has 1 saturated carbocycles. The van der Waals surface area contributed by atoms with E-state index in [1.54, 1.807) is 18.2 Å². The van der Waals surface area contributed by atoms with E-state index in [1.807, 2.05) is 0 Å². The number of rotatable bonds is 4. The van der Waals surface area contributed by atoms with Crippen LogP contribution in [0.4, 0.5) is 0 Å². The van der Waals surface area contributed by atoms with Gasteiger partial charge in [-0.05, 0) is 49.8 Å². The third-order valence-corrected chi connectivity index (χ3v) is 5.17. The molecule has 3 nitrogen and oxygen atoms in total. The van der Waals surface area contributed by atoms with Gasteiger partial charge in [-0.3, -0.25) is 4.79 Å². The van der Waals surface area contributed by atoms with Crippen molar-refractivity contribution in [3.63, 3.8) is 0 Å². The number of nitrogens with one attached hydrogen (secondary N) is 1. The maximum absolute atomic E-state index is 12.2. The zero-order chi connectivity index (χ0) is 15.5. The maximum Gasteiger partial charge on any atom is 0.252 e. The van der Waals surface area contributed by atoms with Gasteiger partial charge in [-0.25, -0.2) is 0 Å². The SMILES string of the molecule is CCC1CCC(O)(CNC(=O)c2ccc(Br)cc2Cl)CC1. The summed E-state index contributed by atoms with van der Waals surface area (Å²) >= 11 is 9.38. The van der Waals surface area contributed by atoms with Gasteiger partial charge in [0.1, 0.15) is 0 Å². The van der Waals surface area contributed by atoms with Gasteiger partial charge in [-0.1, -0.05) is 40.9 Å². The molecule has 1 aliphatic rings. The Bertz CT molecular complexity index is 513. The predicted octanol–water partition coefficient (Wildman–Crippen LogP) is 4.16. The highest BCUT2D eigenvalue weighted by Crippen LogP contribution is 2.33. The largest absolute Gasteiger partial charge is 0.388 e. The molecule has 0 radical (unpaired) electrons. The molecule has 1 amide bonds. The first-order valence-corrected chi connectivity index (χ1v) is 8.56. The number of carbonyl (C=O) groups excluding carboxylic acids is 1. The van der Waals surface area contributed by atoms with Gasteiger partial charge < -0.3 is 10.4 Å². The summed E-state index contributed by atoms with van der Waals surface area (Å²) in [7, 11) is 0. The first-order chi connectivity index (χ1) is 9.93. The molecule has 116 valence electrons. The topological polar surface area (TPSA) is 49.3 Å². The summed E-state index contributed by atoms with van der Waals surface area (Å²) in [5.41, 5.74) is -0.339. The van der Waals surface area contributed by atoms with Crippen molar-refractivity contribution in [3.05, 3.63) is 33.3 Å². The average Bonchev–Trinajstić information content (AvgIpc) is 2.46. The van der Waals surface area contributed by atoms with Crippen molar-refractivity contribution in [2.24, 2.45) is 5.92 Å². The van der Waals surface area contributed by atoms with Crippen molar-refractivity contribution in [1.29, 1.82) is 0 Å². The Morgan fingerprint density at radius 3 is 2.71 bits per heavy atom. The minimum Gasteiger partial charge on any atom is -0.388 e. The number of amides is 1. The van der Waals surface area contributed by atoms with Crippen molar-refractivity contribution < 1.29 is 9.90 Å². The van der Waals surface area contributed by atoms with Crippen molar-refractivity contribution in [1.82, 2.24) is 5.32 Å². The number of hydrogen-bond acceptors (Lipinski definition) is 2. The second-order valence-corrected chi connectivity index (χ2v) is 7.21. The molecule has 1 fully saturated rings. The molecule has 1 aromatic carbocycles. The lowest BCUT2D eigenvalue weighted by Crippen LogP contribution is -2.45. The summed E-state index contributed by atoms with van der Waals surface area (Å²) in [6, 6.07) is 5.15. The Labute approximate surface area is 139 Å². The molecular weight excluding hydrogens is 354 g/mol. The van der Waals surface area contributed by atoms with Gasteiger partial charge in [0.15, 0.2) is 0 Å². The van der Waals surface area contributed by atoms with Crippen molar-refractivity contribution >= 4 is 33.4 Å². The molecule has 1 aliphatic carbocycles. The smallest absolute Gasteiger partial charge is 0.252 e. The molecule has 0 heterocycles. The fourth-order valence-corrected chi connectivity index (χ4v) is 3.57. The molecule has 0 bridgehead atoms. The molecule has 0 aliphatic heterocycles. The van der Waals surface area contributed by atoms with Crippen LogP contribution in [0.2, 0.25) is 5.02 Å². The normalized spacial score (nSPS) is 25.6. The quantitative estimate of drug-likeness (QED) is 0.831. The molecule has 0 aromatic heterocycles. The molecule has 1 aromatic rings. The minimum absolute atomic E-state index is 0.237. The summed E-state index contributed by atoms with van der Waals surface area (Å²) in [6.07, 6.45) is 4.72. The third kappa shape index (κ3) is 4.44. The van der Waals surface area contributed by atoms with Crippen LogP contribution in [0.1, 0.15) is 49.4 Å². The summed E-state index contributed by atoms with van der Waals surface area (Å²) in [6.45, 7) is 2.47. The fourth-order valence-electron chi connectivity index (χ4n) is 2.81. The molecule has 0 spiro atoms. The monoisotopic (exact) mass is 373 g/mol. The van der Waals surface area contributed by atoms with E-state index in [-0.39, 0.29) is 12.5 Å². The van der Waals surface area contributed by atoms with Crippen molar-refractivity contribution in [3.8, 4) is 0 Å². The first kappa shape index (κ1) is 16.8. The molecule has 2 N–H and O–H groups in total. The van der Waals surface area contributed by atoms with Gasteiger partial charge in [-0.2, -0.15) is 0 Å². The molecule has 0 atom stereocenters. The Hall–Kier alpha value is -0.580. The van der Waals surface area contributed by atoms with Gasteiger partial charge in [0.25, 0.3) is 5.91 Å². The summed E-state index contributed by atoms with van der Waals surface area (Å²) < 4.78 is 0.834. The van der Waals surface area contributed by atoms with E-state index < -0.39 is 5.60 Å². The second-order valence-electron chi connectivity index (χ2n) is 5.88. The summed E-state index contributed by atoms with van der Waals surface area (Å²) in [5, 5.41) is 13.8. The van der Waals surface area contributed by atoms with Crippen LogP contribution in [-0.2, 0) is 0 Å². The Morgan fingerprint density at radius 1 is 1.48 bits per heavy atom. The zero-order valence-electron chi connectivity index (χ0n) is 12.2. The Balaban J connectivity index is 1.92. The van der Waals surface area contributed by atoms with Gasteiger partial charge in [0.2, 0.25) is 0 Å². The molecule has 21 heavy (non-hydrogen) atoms. The summed E-state index contributed by atoms with van der Waals surface area (Å²) in [4.78, 5) is 12.2. The number of aliphatic hydroxyl groups is 1. The van der Waals surface area contributed by atoms with E-state index in [4.69, 9.17) is 11.6 Å². The number of hydrogen-bond donors (Lipinski definition) is 2. The highest BCUT2D eigenvalue weighted by molar-refractivity contribution is 9.10. The lowest BCUT2D eigenvalue weighted by Gasteiger charge is -2.35. The van der Waals surface area contributed by atoms with Crippen molar-refractivity contribution in [2.75, 3.05) is 6.54 Å². The van der Waals surface area contributed by atoms with Crippen LogP contribution in [0, 0.1) is 5.92 Å². The standard InChI is InChI=1S/C16H21BrClNO2/c1-2-11-5-7-16(21,8-6-11)10-19-15(20)13-4-3-12(17)9-14(13)18/h3-4,9,11,21H,2,5-8,10H2,1H3,(H,19,20). The molecule has 0 saturated heterocycles. The number of benzene rings is 1. The molecule has 2 rings (SSSR count). The molecular formula is C16H21BrClNO2. The van der Waals surface area contributed by atoms with Gasteiger partial charge in [0, 0.05) is 11.0 Å². The van der Waals surface area contributed by atoms with Gasteiger partial charge in [-0.15, -0.1) is 0 Å². The Morgan fingerprint density at radius 2 is 2.14 bits per heavy atom. The van der Waals surface area contributed by atoms with E-state index in [2.05, 4.69) is 28.2 Å². The van der Waals surface area contributed by atoms with Crippen molar-refractivity contribution in [2.45, 2.75) is 44.6 Å². The number of halogens is 2. The van der Waals surface area contributed by atoms with Crippen LogP contribution in [0.15, 0.2) is 22.7 Å². The molecule has 0 unspecified atom stereocenters. The van der Waals surface area contributed by atoms with Crippen LogP contribution in [0.5, 0.6) is 0 Å². The number of carbonyl (C=O) groups is 1. The highest BCUT2D eigenvalue weighted by Gasteiger charge is 2.33. The van der Waals surface area contributed by atoms with E-state index in [0.717, 1.165) is 36.6 Å².